The van der Waals surface area contributed by atoms with Crippen LogP contribution in [-0.4, -0.2) is 38.1 Å². The summed E-state index contributed by atoms with van der Waals surface area (Å²) in [6.45, 7) is 3.93. The summed E-state index contributed by atoms with van der Waals surface area (Å²) in [5.74, 6) is 0.306. The molecule has 3 nitrogen and oxygen atoms in total. The molecule has 0 aromatic carbocycles. The fourth-order valence-electron chi connectivity index (χ4n) is 3.20. The largest absolute Gasteiger partial charge is 0.385 e. The van der Waals surface area contributed by atoms with E-state index in [0.29, 0.717) is 5.91 Å². The SMILES string of the molecule is CCCCCCCCCCCCCCCC(=O)N(C)CCCCOC. The van der Waals surface area contributed by atoms with Crippen LogP contribution in [0.25, 0.3) is 0 Å². The lowest BCUT2D eigenvalue weighted by molar-refractivity contribution is -0.130. The van der Waals surface area contributed by atoms with Crippen molar-refractivity contribution in [3.05, 3.63) is 0 Å². The van der Waals surface area contributed by atoms with Crippen molar-refractivity contribution in [3.8, 4) is 0 Å². The third-order valence-electron chi connectivity index (χ3n) is 5.01. The summed E-state index contributed by atoms with van der Waals surface area (Å²) in [6.07, 6.45) is 20.4. The summed E-state index contributed by atoms with van der Waals surface area (Å²) in [7, 11) is 3.65. The van der Waals surface area contributed by atoms with E-state index in [9.17, 15) is 4.79 Å². The van der Waals surface area contributed by atoms with Crippen LogP contribution in [0.1, 0.15) is 110 Å². The molecular formula is C22H45NO2. The Morgan fingerprint density at radius 3 is 1.68 bits per heavy atom. The summed E-state index contributed by atoms with van der Waals surface area (Å²) >= 11 is 0. The molecule has 0 atom stereocenters. The number of hydrogen-bond donors (Lipinski definition) is 0. The van der Waals surface area contributed by atoms with E-state index < -0.39 is 0 Å². The van der Waals surface area contributed by atoms with E-state index in [0.717, 1.165) is 38.8 Å². The van der Waals surface area contributed by atoms with Crippen molar-refractivity contribution in [1.82, 2.24) is 4.90 Å². The average Bonchev–Trinajstić information content (AvgIpc) is 2.62. The van der Waals surface area contributed by atoms with Gasteiger partial charge in [-0.25, -0.2) is 0 Å². The number of methoxy groups -OCH3 is 1. The molecule has 1 amide bonds. The minimum Gasteiger partial charge on any atom is -0.385 e. The van der Waals surface area contributed by atoms with Crippen LogP contribution in [0.2, 0.25) is 0 Å². The normalized spacial score (nSPS) is 11.0. The first-order valence-corrected chi connectivity index (χ1v) is 10.9. The average molecular weight is 356 g/mol. The van der Waals surface area contributed by atoms with Crippen LogP contribution in [-0.2, 0) is 9.53 Å². The smallest absolute Gasteiger partial charge is 0.222 e. The highest BCUT2D eigenvalue weighted by atomic mass is 16.5. The van der Waals surface area contributed by atoms with Crippen molar-refractivity contribution in [2.45, 2.75) is 110 Å². The fraction of sp³-hybridized carbons (Fsp3) is 0.955. The number of nitrogens with zero attached hydrogens (tertiary/aromatic N) is 1. The molecule has 0 unspecified atom stereocenters. The zero-order chi connectivity index (χ0) is 18.6. The molecule has 0 aliphatic heterocycles. The number of hydrogen-bond acceptors (Lipinski definition) is 2. The van der Waals surface area contributed by atoms with Gasteiger partial charge in [-0.15, -0.1) is 0 Å². The van der Waals surface area contributed by atoms with Gasteiger partial charge in [-0.3, -0.25) is 4.79 Å². The molecule has 0 rings (SSSR count). The Morgan fingerprint density at radius 1 is 0.720 bits per heavy atom. The molecule has 0 saturated heterocycles. The lowest BCUT2D eigenvalue weighted by atomic mass is 10.0. The van der Waals surface area contributed by atoms with Gasteiger partial charge in [0, 0.05) is 33.7 Å². The van der Waals surface area contributed by atoms with Crippen molar-refractivity contribution in [2.75, 3.05) is 27.3 Å². The summed E-state index contributed by atoms with van der Waals surface area (Å²) in [5.41, 5.74) is 0. The number of ether oxygens (including phenoxy) is 1. The zero-order valence-electron chi connectivity index (χ0n) is 17.5. The molecule has 25 heavy (non-hydrogen) atoms. The molecule has 0 fully saturated rings. The number of rotatable bonds is 19. The number of amides is 1. The predicted molar refractivity (Wildman–Crippen MR) is 109 cm³/mol. The summed E-state index contributed by atoms with van der Waals surface area (Å²) in [6, 6.07) is 0. The van der Waals surface area contributed by atoms with E-state index in [1.165, 1.54) is 77.0 Å². The Kier molecular flexibility index (Phi) is 19.3. The maximum Gasteiger partial charge on any atom is 0.222 e. The highest BCUT2D eigenvalue weighted by molar-refractivity contribution is 5.75. The van der Waals surface area contributed by atoms with E-state index >= 15 is 0 Å². The molecule has 150 valence electrons. The van der Waals surface area contributed by atoms with Gasteiger partial charge in [0.05, 0.1) is 0 Å². The van der Waals surface area contributed by atoms with Gasteiger partial charge in [-0.1, -0.05) is 84.0 Å². The molecule has 0 aromatic heterocycles. The first-order valence-electron chi connectivity index (χ1n) is 10.9. The monoisotopic (exact) mass is 355 g/mol. The van der Waals surface area contributed by atoms with Crippen LogP contribution in [0.4, 0.5) is 0 Å². The topological polar surface area (TPSA) is 29.5 Å². The first-order chi connectivity index (χ1) is 12.2. The molecular weight excluding hydrogens is 310 g/mol. The number of carbonyl (C=O) groups is 1. The van der Waals surface area contributed by atoms with Crippen molar-refractivity contribution in [3.63, 3.8) is 0 Å². The first kappa shape index (κ1) is 24.4. The number of unbranched alkanes of at least 4 members (excludes halogenated alkanes) is 13. The van der Waals surface area contributed by atoms with Crippen LogP contribution in [0.15, 0.2) is 0 Å². The van der Waals surface area contributed by atoms with Gasteiger partial charge in [0.25, 0.3) is 0 Å². The highest BCUT2D eigenvalue weighted by Gasteiger charge is 2.07. The Labute approximate surface area is 157 Å². The maximum absolute atomic E-state index is 12.0. The Bertz CT molecular complexity index is 281. The van der Waals surface area contributed by atoms with Gasteiger partial charge in [-0.2, -0.15) is 0 Å². The van der Waals surface area contributed by atoms with Crippen LogP contribution < -0.4 is 0 Å². The Hall–Kier alpha value is -0.570. The lowest BCUT2D eigenvalue weighted by Gasteiger charge is -2.16. The van der Waals surface area contributed by atoms with Gasteiger partial charge in [0.15, 0.2) is 0 Å². The van der Waals surface area contributed by atoms with Gasteiger partial charge in [0.2, 0.25) is 5.91 Å². The molecule has 0 saturated carbocycles. The van der Waals surface area contributed by atoms with Crippen molar-refractivity contribution in [1.29, 1.82) is 0 Å². The Morgan fingerprint density at radius 2 is 1.20 bits per heavy atom. The molecule has 0 spiro atoms. The molecule has 3 heteroatoms. The predicted octanol–water partition coefficient (Wildman–Crippen LogP) is 6.35. The van der Waals surface area contributed by atoms with Gasteiger partial charge in [0.1, 0.15) is 0 Å². The molecule has 0 aliphatic rings. The van der Waals surface area contributed by atoms with Crippen LogP contribution >= 0.6 is 0 Å². The van der Waals surface area contributed by atoms with Crippen molar-refractivity contribution < 1.29 is 9.53 Å². The molecule has 0 heterocycles. The van der Waals surface area contributed by atoms with Gasteiger partial charge >= 0.3 is 0 Å². The summed E-state index contributed by atoms with van der Waals surface area (Å²) < 4.78 is 5.03. The molecule has 0 aliphatic carbocycles. The third kappa shape index (κ3) is 18.0. The van der Waals surface area contributed by atoms with Gasteiger partial charge in [-0.05, 0) is 19.3 Å². The summed E-state index contributed by atoms with van der Waals surface area (Å²) in [4.78, 5) is 13.9. The zero-order valence-corrected chi connectivity index (χ0v) is 17.5. The molecule has 0 aromatic rings. The molecule has 0 radical (unpaired) electrons. The maximum atomic E-state index is 12.0. The van der Waals surface area contributed by atoms with Crippen molar-refractivity contribution in [2.24, 2.45) is 0 Å². The number of carbonyl (C=O) groups excluding carboxylic acids is 1. The van der Waals surface area contributed by atoms with Crippen molar-refractivity contribution >= 4 is 5.91 Å². The van der Waals surface area contributed by atoms with E-state index in [1.54, 1.807) is 7.11 Å². The lowest BCUT2D eigenvalue weighted by Crippen LogP contribution is -2.27. The molecule has 0 N–H and O–H groups in total. The standard InChI is InChI=1S/C22H45NO2/c1-4-5-6-7-8-9-10-11-12-13-14-15-16-19-22(24)23(2)20-17-18-21-25-3/h4-21H2,1-3H3. The highest BCUT2D eigenvalue weighted by Crippen LogP contribution is 2.13. The van der Waals surface area contributed by atoms with E-state index in [-0.39, 0.29) is 0 Å². The van der Waals surface area contributed by atoms with Gasteiger partial charge < -0.3 is 9.64 Å². The second-order valence-corrected chi connectivity index (χ2v) is 7.51. The fourth-order valence-corrected chi connectivity index (χ4v) is 3.20. The van der Waals surface area contributed by atoms with Crippen LogP contribution in [0, 0.1) is 0 Å². The van der Waals surface area contributed by atoms with E-state index in [2.05, 4.69) is 6.92 Å². The minimum atomic E-state index is 0.306. The second kappa shape index (κ2) is 19.8. The third-order valence-corrected chi connectivity index (χ3v) is 5.01. The van der Waals surface area contributed by atoms with E-state index in [4.69, 9.17) is 4.74 Å². The second-order valence-electron chi connectivity index (χ2n) is 7.51. The molecule has 0 bridgehead atoms. The summed E-state index contributed by atoms with van der Waals surface area (Å²) in [5, 5.41) is 0. The van der Waals surface area contributed by atoms with E-state index in [1.807, 2.05) is 11.9 Å². The van der Waals surface area contributed by atoms with Crippen LogP contribution in [0.3, 0.4) is 0 Å². The quantitative estimate of drug-likeness (QED) is 0.253. The Balaban J connectivity index is 3.25. The minimum absolute atomic E-state index is 0.306. The van der Waals surface area contributed by atoms with Crippen LogP contribution in [0.5, 0.6) is 0 Å².